The minimum atomic E-state index is -2.73. The van der Waals surface area contributed by atoms with Crippen molar-refractivity contribution in [3.8, 4) is 11.3 Å². The molecule has 1 aromatic carbocycles. The van der Waals surface area contributed by atoms with Gasteiger partial charge in [0.15, 0.2) is 11.3 Å². The standard InChI is InChI=1S/C24H24ClF2N5O3/c1-23(17-13-28-15-29-14-17,22(34)31-18-6-9-24(26,27)10-7-18)32(21(33)12-25)19-4-2-16(3-5-19)20-8-11-30-35-20/h2-5,8,11,13-15,18H,6-7,9-10,12H2,1H3,(H,31,34)/t23-/m0/s1. The van der Waals surface area contributed by atoms with Crippen molar-refractivity contribution < 1.29 is 22.9 Å². The molecule has 1 saturated carbocycles. The fourth-order valence-corrected chi connectivity index (χ4v) is 4.39. The molecule has 1 aliphatic carbocycles. The summed E-state index contributed by atoms with van der Waals surface area (Å²) in [6, 6.07) is 8.04. The van der Waals surface area contributed by atoms with Gasteiger partial charge in [0.05, 0.1) is 6.20 Å². The average Bonchev–Trinajstić information content (AvgIpc) is 3.41. The molecule has 1 aliphatic rings. The zero-order chi connectivity index (χ0) is 25.1. The van der Waals surface area contributed by atoms with E-state index in [2.05, 4.69) is 20.4 Å². The minimum absolute atomic E-state index is 0.134. The van der Waals surface area contributed by atoms with Crippen LogP contribution in [-0.2, 0) is 15.1 Å². The summed E-state index contributed by atoms with van der Waals surface area (Å²) in [5, 5.41) is 6.56. The van der Waals surface area contributed by atoms with Crippen molar-refractivity contribution in [1.29, 1.82) is 0 Å². The molecule has 1 N–H and O–H groups in total. The Morgan fingerprint density at radius 2 is 1.83 bits per heavy atom. The number of carbonyl (C=O) groups is 2. The Bertz CT molecular complexity index is 1150. The molecule has 1 fully saturated rings. The first kappa shape index (κ1) is 24.7. The first-order valence-electron chi connectivity index (χ1n) is 11.1. The number of halogens is 3. The summed E-state index contributed by atoms with van der Waals surface area (Å²) < 4.78 is 32.5. The van der Waals surface area contributed by atoms with Gasteiger partial charge in [0.2, 0.25) is 11.8 Å². The maximum Gasteiger partial charge on any atom is 0.251 e. The normalized spacial score (nSPS) is 17.4. The number of hydrogen-bond acceptors (Lipinski definition) is 6. The highest BCUT2D eigenvalue weighted by Crippen LogP contribution is 2.37. The van der Waals surface area contributed by atoms with Gasteiger partial charge in [-0.3, -0.25) is 14.5 Å². The molecule has 1 atom stereocenters. The van der Waals surface area contributed by atoms with Crippen LogP contribution in [0.4, 0.5) is 14.5 Å². The lowest BCUT2D eigenvalue weighted by Crippen LogP contribution is -2.59. The molecule has 184 valence electrons. The molecule has 2 heterocycles. The fourth-order valence-electron chi connectivity index (χ4n) is 4.27. The van der Waals surface area contributed by atoms with Gasteiger partial charge in [-0.1, -0.05) is 5.16 Å². The van der Waals surface area contributed by atoms with Gasteiger partial charge in [0.25, 0.3) is 5.91 Å². The van der Waals surface area contributed by atoms with Crippen LogP contribution < -0.4 is 10.2 Å². The van der Waals surface area contributed by atoms with Gasteiger partial charge in [0.1, 0.15) is 12.2 Å². The molecule has 0 saturated heterocycles. The zero-order valence-electron chi connectivity index (χ0n) is 19.0. The van der Waals surface area contributed by atoms with E-state index >= 15 is 0 Å². The number of aromatic nitrogens is 3. The van der Waals surface area contributed by atoms with Crippen LogP contribution in [0.3, 0.4) is 0 Å². The molecular weight excluding hydrogens is 480 g/mol. The monoisotopic (exact) mass is 503 g/mol. The van der Waals surface area contributed by atoms with Gasteiger partial charge in [-0.25, -0.2) is 18.7 Å². The van der Waals surface area contributed by atoms with Crippen LogP contribution in [0.25, 0.3) is 11.3 Å². The number of carbonyl (C=O) groups excluding carboxylic acids is 2. The van der Waals surface area contributed by atoms with Gasteiger partial charge < -0.3 is 9.84 Å². The lowest BCUT2D eigenvalue weighted by atomic mass is 9.87. The van der Waals surface area contributed by atoms with Crippen LogP contribution in [0.5, 0.6) is 0 Å². The molecular formula is C24H24ClF2N5O3. The van der Waals surface area contributed by atoms with E-state index in [9.17, 15) is 18.4 Å². The molecule has 35 heavy (non-hydrogen) atoms. The van der Waals surface area contributed by atoms with Crippen LogP contribution >= 0.6 is 11.6 Å². The number of nitrogens with zero attached hydrogens (tertiary/aromatic N) is 4. The van der Waals surface area contributed by atoms with Crippen molar-refractivity contribution in [2.75, 3.05) is 10.8 Å². The Balaban J connectivity index is 1.72. The van der Waals surface area contributed by atoms with Crippen LogP contribution in [0.15, 0.2) is 59.8 Å². The number of benzene rings is 1. The third-order valence-electron chi connectivity index (χ3n) is 6.28. The van der Waals surface area contributed by atoms with Crippen LogP contribution in [0.1, 0.15) is 38.2 Å². The molecule has 0 unspecified atom stereocenters. The number of anilines is 1. The van der Waals surface area contributed by atoms with Crippen molar-refractivity contribution in [3.63, 3.8) is 0 Å². The third kappa shape index (κ3) is 5.17. The minimum Gasteiger partial charge on any atom is -0.356 e. The summed E-state index contributed by atoms with van der Waals surface area (Å²) in [6.45, 7) is 1.56. The van der Waals surface area contributed by atoms with Crippen molar-refractivity contribution in [2.24, 2.45) is 0 Å². The quantitative estimate of drug-likeness (QED) is 0.482. The number of alkyl halides is 3. The van der Waals surface area contributed by atoms with Gasteiger partial charge in [-0.15, -0.1) is 11.6 Å². The fraction of sp³-hybridized carbons (Fsp3) is 0.375. The van der Waals surface area contributed by atoms with E-state index in [1.54, 1.807) is 37.3 Å². The van der Waals surface area contributed by atoms with Gasteiger partial charge in [0, 0.05) is 54.2 Å². The molecule has 0 aliphatic heterocycles. The van der Waals surface area contributed by atoms with Crippen molar-refractivity contribution in [1.82, 2.24) is 20.4 Å². The highest BCUT2D eigenvalue weighted by molar-refractivity contribution is 6.30. The first-order valence-corrected chi connectivity index (χ1v) is 11.6. The predicted octanol–water partition coefficient (Wildman–Crippen LogP) is 4.31. The SMILES string of the molecule is C[C@@](C(=O)NC1CCC(F)(F)CC1)(c1cncnc1)N(C(=O)CCl)c1ccc(-c2ccno2)cc1. The van der Waals surface area contributed by atoms with E-state index in [0.29, 0.717) is 17.0 Å². The van der Waals surface area contributed by atoms with E-state index in [4.69, 9.17) is 16.1 Å². The van der Waals surface area contributed by atoms with Crippen molar-refractivity contribution in [2.45, 2.75) is 50.1 Å². The Kier molecular flexibility index (Phi) is 7.11. The second-order valence-electron chi connectivity index (χ2n) is 8.59. The molecule has 4 rings (SSSR count). The Morgan fingerprint density at radius 3 is 2.40 bits per heavy atom. The van der Waals surface area contributed by atoms with Gasteiger partial charge in [-0.2, -0.15) is 0 Å². The Labute approximate surface area is 205 Å². The van der Waals surface area contributed by atoms with E-state index in [-0.39, 0.29) is 25.7 Å². The van der Waals surface area contributed by atoms with Crippen molar-refractivity contribution in [3.05, 3.63) is 60.8 Å². The van der Waals surface area contributed by atoms with Gasteiger partial charge >= 0.3 is 0 Å². The van der Waals surface area contributed by atoms with Gasteiger partial charge in [-0.05, 0) is 44.0 Å². The second kappa shape index (κ2) is 10.1. The first-order chi connectivity index (χ1) is 16.7. The zero-order valence-corrected chi connectivity index (χ0v) is 19.7. The largest absolute Gasteiger partial charge is 0.356 e. The molecule has 0 bridgehead atoms. The van der Waals surface area contributed by atoms with E-state index in [1.165, 1.54) is 29.8 Å². The topological polar surface area (TPSA) is 101 Å². The highest BCUT2D eigenvalue weighted by Gasteiger charge is 2.46. The number of amides is 2. The van der Waals surface area contributed by atoms with Crippen molar-refractivity contribution >= 4 is 29.1 Å². The van der Waals surface area contributed by atoms with Crippen LogP contribution in [-0.4, -0.2) is 44.8 Å². The van der Waals surface area contributed by atoms with E-state index in [1.807, 2.05) is 0 Å². The lowest BCUT2D eigenvalue weighted by Gasteiger charge is -2.41. The van der Waals surface area contributed by atoms with E-state index in [0.717, 1.165) is 5.56 Å². The number of nitrogens with one attached hydrogen (secondary N) is 1. The summed E-state index contributed by atoms with van der Waals surface area (Å²) in [5.41, 5.74) is -0.144. The summed E-state index contributed by atoms with van der Waals surface area (Å²) in [4.78, 5) is 36.3. The molecule has 0 radical (unpaired) electrons. The smallest absolute Gasteiger partial charge is 0.251 e. The molecule has 0 spiro atoms. The lowest BCUT2D eigenvalue weighted by molar-refractivity contribution is -0.131. The molecule has 2 amide bonds. The number of hydrogen-bond donors (Lipinski definition) is 1. The van der Waals surface area contributed by atoms with Crippen LogP contribution in [0, 0.1) is 0 Å². The van der Waals surface area contributed by atoms with Crippen LogP contribution in [0.2, 0.25) is 0 Å². The molecule has 11 heteroatoms. The summed E-state index contributed by atoms with van der Waals surface area (Å²) in [5.74, 6) is -3.66. The maximum absolute atomic E-state index is 13.8. The Hall–Kier alpha value is -3.40. The molecule has 3 aromatic rings. The third-order valence-corrected chi connectivity index (χ3v) is 6.50. The second-order valence-corrected chi connectivity index (χ2v) is 8.86. The summed E-state index contributed by atoms with van der Waals surface area (Å²) in [7, 11) is 0. The average molecular weight is 504 g/mol. The van der Waals surface area contributed by atoms with E-state index < -0.39 is 35.2 Å². The Morgan fingerprint density at radius 1 is 1.17 bits per heavy atom. The predicted molar refractivity (Wildman–Crippen MR) is 125 cm³/mol. The maximum atomic E-state index is 13.8. The molecule has 8 nitrogen and oxygen atoms in total. The number of rotatable bonds is 7. The summed E-state index contributed by atoms with van der Waals surface area (Å²) in [6.07, 6.45) is 5.37. The highest BCUT2D eigenvalue weighted by atomic mass is 35.5. The summed E-state index contributed by atoms with van der Waals surface area (Å²) >= 11 is 5.97. The molecule has 2 aromatic heterocycles.